The van der Waals surface area contributed by atoms with Gasteiger partial charge in [0.1, 0.15) is 10.8 Å². The fourth-order valence-electron chi connectivity index (χ4n) is 4.87. The number of para-hydroxylation sites is 1. The van der Waals surface area contributed by atoms with Crippen LogP contribution >= 0.6 is 11.3 Å². The number of hydrogen-bond donors (Lipinski definition) is 2. The normalized spacial score (nSPS) is 14.0. The highest BCUT2D eigenvalue weighted by Gasteiger charge is 2.22. The van der Waals surface area contributed by atoms with Crippen LogP contribution in [0.2, 0.25) is 0 Å². The van der Waals surface area contributed by atoms with Gasteiger partial charge in [-0.2, -0.15) is 0 Å². The molecule has 5 aromatic rings. The second kappa shape index (κ2) is 10.2. The number of amides is 1. The third-order valence-corrected chi connectivity index (χ3v) is 8.01. The zero-order valence-electron chi connectivity index (χ0n) is 20.5. The van der Waals surface area contributed by atoms with Gasteiger partial charge in [0.05, 0.1) is 10.2 Å². The maximum absolute atomic E-state index is 12.8. The van der Waals surface area contributed by atoms with Crippen molar-refractivity contribution in [1.82, 2.24) is 14.9 Å². The molecule has 37 heavy (non-hydrogen) atoms. The predicted octanol–water partition coefficient (Wildman–Crippen LogP) is 4.67. The molecule has 188 valence electrons. The first-order valence-corrected chi connectivity index (χ1v) is 13.4. The minimum atomic E-state index is 0.0159. The lowest BCUT2D eigenvalue weighted by Crippen LogP contribution is -2.50. The fraction of sp³-hybridized carbons (Fsp3) is 0.241. The van der Waals surface area contributed by atoms with Crippen molar-refractivity contribution in [2.75, 3.05) is 44.2 Å². The van der Waals surface area contributed by atoms with Gasteiger partial charge in [-0.3, -0.25) is 4.79 Å². The van der Waals surface area contributed by atoms with Crippen LogP contribution in [0.3, 0.4) is 0 Å². The standard InChI is InChI=1S/C29H29N5O2S/c30-12-11-21-18-31-25-10-9-23(17-24(21)25)36-19-28(35)34-15-13-33(14-16-34)22-7-5-20(6-8-22)29-32-26-3-1-2-4-27(26)37-29/h1-10,17-18,31H,11-16,19,30H2. The number of nitrogens with zero attached hydrogens (tertiary/aromatic N) is 3. The number of anilines is 1. The van der Waals surface area contributed by atoms with Gasteiger partial charge in [0.2, 0.25) is 0 Å². The lowest BCUT2D eigenvalue weighted by atomic mass is 10.1. The van der Waals surface area contributed by atoms with Crippen LogP contribution < -0.4 is 15.4 Å². The summed E-state index contributed by atoms with van der Waals surface area (Å²) in [5.74, 6) is 0.716. The van der Waals surface area contributed by atoms with Crippen molar-refractivity contribution in [1.29, 1.82) is 0 Å². The molecular weight excluding hydrogens is 482 g/mol. The molecule has 0 radical (unpaired) electrons. The third kappa shape index (κ3) is 4.90. The number of aromatic amines is 1. The summed E-state index contributed by atoms with van der Waals surface area (Å²) < 4.78 is 7.07. The average Bonchev–Trinajstić information content (AvgIpc) is 3.56. The number of hydrogen-bond acceptors (Lipinski definition) is 6. The maximum atomic E-state index is 12.8. The average molecular weight is 512 g/mol. The van der Waals surface area contributed by atoms with E-state index in [1.54, 1.807) is 11.3 Å². The highest BCUT2D eigenvalue weighted by molar-refractivity contribution is 7.21. The van der Waals surface area contributed by atoms with Gasteiger partial charge in [-0.15, -0.1) is 11.3 Å². The first-order chi connectivity index (χ1) is 18.2. The number of nitrogens with one attached hydrogen (secondary N) is 1. The van der Waals surface area contributed by atoms with Crippen LogP contribution in [0.5, 0.6) is 5.75 Å². The number of piperazine rings is 1. The number of carbonyl (C=O) groups excluding carboxylic acids is 1. The van der Waals surface area contributed by atoms with Crippen molar-refractivity contribution in [2.24, 2.45) is 5.73 Å². The van der Waals surface area contributed by atoms with E-state index in [0.29, 0.717) is 25.4 Å². The Balaban J connectivity index is 1.03. The second-order valence-electron chi connectivity index (χ2n) is 9.25. The van der Waals surface area contributed by atoms with Gasteiger partial charge in [-0.25, -0.2) is 4.98 Å². The summed E-state index contributed by atoms with van der Waals surface area (Å²) in [5, 5.41) is 2.13. The molecule has 0 atom stereocenters. The monoisotopic (exact) mass is 511 g/mol. The van der Waals surface area contributed by atoms with Crippen LogP contribution in [0.25, 0.3) is 31.7 Å². The van der Waals surface area contributed by atoms with E-state index in [-0.39, 0.29) is 12.5 Å². The second-order valence-corrected chi connectivity index (χ2v) is 10.3. The molecule has 7 nitrogen and oxygen atoms in total. The highest BCUT2D eigenvalue weighted by atomic mass is 32.1. The van der Waals surface area contributed by atoms with Gasteiger partial charge in [0, 0.05) is 54.5 Å². The molecule has 8 heteroatoms. The quantitative estimate of drug-likeness (QED) is 0.332. The first-order valence-electron chi connectivity index (χ1n) is 12.6. The number of H-pyrrole nitrogens is 1. The van der Waals surface area contributed by atoms with Gasteiger partial charge >= 0.3 is 0 Å². The summed E-state index contributed by atoms with van der Waals surface area (Å²) in [5.41, 5.74) is 11.3. The van der Waals surface area contributed by atoms with E-state index in [9.17, 15) is 4.79 Å². The van der Waals surface area contributed by atoms with Crippen molar-refractivity contribution in [3.63, 3.8) is 0 Å². The van der Waals surface area contributed by atoms with E-state index in [2.05, 4.69) is 46.3 Å². The SMILES string of the molecule is NCCc1c[nH]c2ccc(OCC(=O)N3CCN(c4ccc(-c5nc6ccccc6s5)cc4)CC3)cc12. The lowest BCUT2D eigenvalue weighted by Gasteiger charge is -2.36. The molecule has 0 spiro atoms. The third-order valence-electron chi connectivity index (χ3n) is 6.92. The van der Waals surface area contributed by atoms with Crippen molar-refractivity contribution in [3.8, 4) is 16.3 Å². The van der Waals surface area contributed by atoms with Crippen LogP contribution in [-0.2, 0) is 11.2 Å². The lowest BCUT2D eigenvalue weighted by molar-refractivity contribution is -0.133. The number of nitrogens with two attached hydrogens (primary N) is 1. The summed E-state index contributed by atoms with van der Waals surface area (Å²) in [6, 6.07) is 22.7. The highest BCUT2D eigenvalue weighted by Crippen LogP contribution is 2.31. The Kier molecular flexibility index (Phi) is 6.51. The van der Waals surface area contributed by atoms with Crippen molar-refractivity contribution >= 4 is 44.1 Å². The Hall–Kier alpha value is -3.88. The van der Waals surface area contributed by atoms with E-state index in [1.165, 1.54) is 16.0 Å². The molecule has 0 unspecified atom stereocenters. The van der Waals surface area contributed by atoms with E-state index in [4.69, 9.17) is 15.5 Å². The fourth-order valence-corrected chi connectivity index (χ4v) is 5.84. The van der Waals surface area contributed by atoms with Crippen LogP contribution in [0.4, 0.5) is 5.69 Å². The summed E-state index contributed by atoms with van der Waals surface area (Å²) in [7, 11) is 0. The Morgan fingerprint density at radius 1 is 1.03 bits per heavy atom. The largest absolute Gasteiger partial charge is 0.484 e. The number of aromatic nitrogens is 2. The van der Waals surface area contributed by atoms with E-state index >= 15 is 0 Å². The number of rotatable bonds is 7. The van der Waals surface area contributed by atoms with Gasteiger partial charge in [-0.05, 0) is 73.1 Å². The summed E-state index contributed by atoms with van der Waals surface area (Å²) in [4.78, 5) is 25.1. The van der Waals surface area contributed by atoms with E-state index in [0.717, 1.165) is 46.5 Å². The molecule has 1 fully saturated rings. The Labute approximate surface area is 219 Å². The predicted molar refractivity (Wildman–Crippen MR) is 150 cm³/mol. The topological polar surface area (TPSA) is 87.5 Å². The van der Waals surface area contributed by atoms with Crippen LogP contribution in [-0.4, -0.2) is 60.1 Å². The number of fused-ring (bicyclic) bond motifs is 2. The Bertz CT molecular complexity index is 1500. The van der Waals surface area contributed by atoms with E-state index in [1.807, 2.05) is 41.4 Å². The van der Waals surface area contributed by atoms with Crippen molar-refractivity contribution < 1.29 is 9.53 Å². The van der Waals surface area contributed by atoms with Crippen molar-refractivity contribution in [3.05, 3.63) is 78.5 Å². The minimum Gasteiger partial charge on any atom is -0.484 e. The van der Waals surface area contributed by atoms with Gasteiger partial charge in [-0.1, -0.05) is 12.1 Å². The molecule has 1 aliphatic heterocycles. The molecule has 3 N–H and O–H groups in total. The van der Waals surface area contributed by atoms with Crippen LogP contribution in [0.1, 0.15) is 5.56 Å². The molecule has 2 aromatic heterocycles. The molecule has 1 amide bonds. The number of carbonyl (C=O) groups is 1. The zero-order valence-corrected chi connectivity index (χ0v) is 21.3. The molecule has 0 aliphatic carbocycles. The van der Waals surface area contributed by atoms with Crippen LogP contribution in [0, 0.1) is 0 Å². The van der Waals surface area contributed by atoms with E-state index < -0.39 is 0 Å². The summed E-state index contributed by atoms with van der Waals surface area (Å²) in [6.45, 7) is 3.58. The Morgan fingerprint density at radius 2 is 1.84 bits per heavy atom. The number of benzene rings is 3. The summed E-state index contributed by atoms with van der Waals surface area (Å²) >= 11 is 1.71. The molecule has 3 heterocycles. The number of thiazole rings is 1. The van der Waals surface area contributed by atoms with Gasteiger partial charge < -0.3 is 25.3 Å². The maximum Gasteiger partial charge on any atom is 0.260 e. The minimum absolute atomic E-state index is 0.0159. The first kappa shape index (κ1) is 23.5. The molecule has 0 saturated carbocycles. The summed E-state index contributed by atoms with van der Waals surface area (Å²) in [6.07, 6.45) is 2.79. The molecule has 1 saturated heterocycles. The zero-order chi connectivity index (χ0) is 25.2. The molecule has 1 aliphatic rings. The van der Waals surface area contributed by atoms with Gasteiger partial charge in [0.15, 0.2) is 6.61 Å². The number of ether oxygens (including phenoxy) is 1. The molecule has 6 rings (SSSR count). The molecule has 3 aromatic carbocycles. The molecular formula is C29H29N5O2S. The van der Waals surface area contributed by atoms with Gasteiger partial charge in [0.25, 0.3) is 5.91 Å². The molecule has 0 bridgehead atoms. The Morgan fingerprint density at radius 3 is 2.62 bits per heavy atom. The van der Waals surface area contributed by atoms with Crippen molar-refractivity contribution in [2.45, 2.75) is 6.42 Å². The van der Waals surface area contributed by atoms with Crippen LogP contribution in [0.15, 0.2) is 72.9 Å². The smallest absolute Gasteiger partial charge is 0.260 e.